The van der Waals surface area contributed by atoms with Gasteiger partial charge in [0.1, 0.15) is 43.2 Å². The molecular formula is C48H91O13P. The molecule has 0 amide bonds. The van der Waals surface area contributed by atoms with Crippen LogP contribution in [-0.2, 0) is 32.7 Å². The Kier molecular flexibility index (Phi) is 36.7. The molecule has 1 saturated carbocycles. The van der Waals surface area contributed by atoms with Crippen LogP contribution in [0.5, 0.6) is 0 Å². The first-order valence-corrected chi connectivity index (χ1v) is 26.5. The van der Waals surface area contributed by atoms with Crippen LogP contribution < -0.4 is 0 Å². The topological polar surface area (TPSA) is 210 Å². The third kappa shape index (κ3) is 30.7. The van der Waals surface area contributed by atoms with E-state index in [2.05, 4.69) is 26.0 Å². The Balaban J connectivity index is 2.33. The van der Waals surface area contributed by atoms with Crippen molar-refractivity contribution < 1.29 is 63.1 Å². The van der Waals surface area contributed by atoms with E-state index in [1.807, 2.05) is 0 Å². The summed E-state index contributed by atoms with van der Waals surface area (Å²) in [4.78, 5) is 35.7. The minimum Gasteiger partial charge on any atom is -0.462 e. The normalized spacial score (nSPS) is 21.9. The van der Waals surface area contributed by atoms with Gasteiger partial charge in [-0.3, -0.25) is 18.6 Å². The van der Waals surface area contributed by atoms with E-state index >= 15 is 0 Å². The molecule has 1 rings (SSSR count). The molecule has 1 fully saturated rings. The Labute approximate surface area is 375 Å². The molecule has 13 nitrogen and oxygen atoms in total. The number of hydrogen-bond acceptors (Lipinski definition) is 12. The maximum atomic E-state index is 12.8. The van der Waals surface area contributed by atoms with Gasteiger partial charge in [-0.15, -0.1) is 0 Å². The van der Waals surface area contributed by atoms with Crippen molar-refractivity contribution in [1.82, 2.24) is 0 Å². The van der Waals surface area contributed by atoms with E-state index < -0.39 is 75.7 Å². The molecule has 0 aromatic carbocycles. The highest BCUT2D eigenvalue weighted by atomic mass is 31.2. The van der Waals surface area contributed by atoms with Gasteiger partial charge < -0.3 is 39.9 Å². The molecule has 1 aliphatic carbocycles. The van der Waals surface area contributed by atoms with Gasteiger partial charge >= 0.3 is 19.8 Å². The third-order valence-electron chi connectivity index (χ3n) is 11.9. The average Bonchev–Trinajstić information content (AvgIpc) is 3.25. The SMILES string of the molecule is CCCC/C=C\CCCCCCCC(=O)OC(COC(=O)CCCCCCCCCCCCCCCCCCCCCCCC)COP(=O)(O)OC1C(O)C(O)C(O)C(O)C1O. The summed E-state index contributed by atoms with van der Waals surface area (Å²) in [5, 5.41) is 50.1. The summed E-state index contributed by atoms with van der Waals surface area (Å²) in [5.41, 5.74) is 0. The van der Waals surface area contributed by atoms with Crippen LogP contribution in [0.2, 0.25) is 0 Å². The molecule has 6 N–H and O–H groups in total. The Morgan fingerprint density at radius 2 is 0.839 bits per heavy atom. The number of phosphoric acid groups is 1. The van der Waals surface area contributed by atoms with E-state index in [1.54, 1.807) is 0 Å². The van der Waals surface area contributed by atoms with Crippen LogP contribution in [0.4, 0.5) is 0 Å². The number of hydrogen-bond donors (Lipinski definition) is 6. The molecule has 0 bridgehead atoms. The van der Waals surface area contributed by atoms with Crippen LogP contribution in [0.15, 0.2) is 12.2 Å². The lowest BCUT2D eigenvalue weighted by molar-refractivity contribution is -0.220. The van der Waals surface area contributed by atoms with E-state index in [9.17, 15) is 44.6 Å². The van der Waals surface area contributed by atoms with E-state index in [0.717, 1.165) is 57.8 Å². The Hall–Kier alpha value is -1.41. The summed E-state index contributed by atoms with van der Waals surface area (Å²) in [7, 11) is -5.11. The fourth-order valence-corrected chi connectivity index (χ4v) is 8.77. The predicted octanol–water partition coefficient (Wildman–Crippen LogP) is 10.2. The molecule has 0 radical (unpaired) electrons. The summed E-state index contributed by atoms with van der Waals surface area (Å²) in [5.74, 6) is -1.10. The Morgan fingerprint density at radius 1 is 0.484 bits per heavy atom. The zero-order valence-electron chi connectivity index (χ0n) is 38.9. The van der Waals surface area contributed by atoms with E-state index in [4.69, 9.17) is 18.5 Å². The minimum atomic E-state index is -5.11. The summed E-state index contributed by atoms with van der Waals surface area (Å²) >= 11 is 0. The van der Waals surface area contributed by atoms with Crippen molar-refractivity contribution >= 4 is 19.8 Å². The van der Waals surface area contributed by atoms with Gasteiger partial charge in [0.05, 0.1) is 6.61 Å². The number of aliphatic hydroxyl groups excluding tert-OH is 5. The number of ether oxygens (including phenoxy) is 2. The first kappa shape index (κ1) is 58.6. The van der Waals surface area contributed by atoms with Crippen molar-refractivity contribution in [1.29, 1.82) is 0 Å². The van der Waals surface area contributed by atoms with Crippen LogP contribution in [-0.4, -0.2) is 98.3 Å². The quantitative estimate of drug-likeness (QED) is 0.0146. The molecule has 0 heterocycles. The molecule has 6 unspecified atom stereocenters. The number of aliphatic hydroxyl groups is 5. The molecule has 0 aliphatic heterocycles. The van der Waals surface area contributed by atoms with Crippen molar-refractivity contribution in [2.75, 3.05) is 13.2 Å². The number of unbranched alkanes of at least 4 members (excludes halogenated alkanes) is 28. The lowest BCUT2D eigenvalue weighted by Gasteiger charge is -2.41. The van der Waals surface area contributed by atoms with Gasteiger partial charge in [0.25, 0.3) is 0 Å². The van der Waals surface area contributed by atoms with Crippen LogP contribution in [0.1, 0.15) is 226 Å². The van der Waals surface area contributed by atoms with E-state index in [0.29, 0.717) is 12.8 Å². The number of carbonyl (C=O) groups excluding carboxylic acids is 2. The summed E-state index contributed by atoms with van der Waals surface area (Å²) in [6, 6.07) is 0. The lowest BCUT2D eigenvalue weighted by atomic mass is 9.85. The average molecular weight is 907 g/mol. The zero-order valence-corrected chi connectivity index (χ0v) is 39.8. The number of rotatable bonds is 42. The maximum Gasteiger partial charge on any atom is 0.472 e. The van der Waals surface area contributed by atoms with Gasteiger partial charge in [0, 0.05) is 12.8 Å². The maximum absolute atomic E-state index is 12.8. The highest BCUT2D eigenvalue weighted by molar-refractivity contribution is 7.47. The summed E-state index contributed by atoms with van der Waals surface area (Å²) in [6.45, 7) is 3.27. The van der Waals surface area contributed by atoms with Crippen molar-refractivity contribution in [2.45, 2.75) is 268 Å². The fraction of sp³-hybridized carbons (Fsp3) is 0.917. The molecule has 0 saturated heterocycles. The fourth-order valence-electron chi connectivity index (χ4n) is 7.80. The molecule has 0 aromatic heterocycles. The molecule has 0 spiro atoms. The molecule has 6 atom stereocenters. The second kappa shape index (κ2) is 38.8. The van der Waals surface area contributed by atoms with Crippen LogP contribution in [0.3, 0.4) is 0 Å². The summed E-state index contributed by atoms with van der Waals surface area (Å²) < 4.78 is 33.5. The second-order valence-electron chi connectivity index (χ2n) is 17.7. The minimum absolute atomic E-state index is 0.0900. The second-order valence-corrected chi connectivity index (χ2v) is 19.1. The summed E-state index contributed by atoms with van der Waals surface area (Å²) in [6.07, 6.45) is 28.5. The monoisotopic (exact) mass is 907 g/mol. The molecule has 62 heavy (non-hydrogen) atoms. The van der Waals surface area contributed by atoms with Gasteiger partial charge in [-0.1, -0.05) is 193 Å². The van der Waals surface area contributed by atoms with Gasteiger partial charge in [0.2, 0.25) is 0 Å². The van der Waals surface area contributed by atoms with Gasteiger partial charge in [-0.25, -0.2) is 4.57 Å². The Bertz CT molecular complexity index is 1140. The van der Waals surface area contributed by atoms with E-state index in [-0.39, 0.29) is 12.8 Å². The van der Waals surface area contributed by atoms with Crippen LogP contribution in [0.25, 0.3) is 0 Å². The first-order chi connectivity index (χ1) is 29.9. The van der Waals surface area contributed by atoms with E-state index in [1.165, 1.54) is 128 Å². The molecular weight excluding hydrogens is 815 g/mol. The molecule has 0 aromatic rings. The third-order valence-corrected chi connectivity index (χ3v) is 12.8. The number of carbonyl (C=O) groups is 2. The smallest absolute Gasteiger partial charge is 0.462 e. The van der Waals surface area contributed by atoms with Crippen molar-refractivity contribution in [3.8, 4) is 0 Å². The zero-order chi connectivity index (χ0) is 45.7. The van der Waals surface area contributed by atoms with Gasteiger partial charge in [0.15, 0.2) is 6.10 Å². The predicted molar refractivity (Wildman–Crippen MR) is 244 cm³/mol. The lowest BCUT2D eigenvalue weighted by Crippen LogP contribution is -2.64. The van der Waals surface area contributed by atoms with Crippen molar-refractivity contribution in [2.24, 2.45) is 0 Å². The number of esters is 2. The Morgan fingerprint density at radius 3 is 1.27 bits per heavy atom. The van der Waals surface area contributed by atoms with Gasteiger partial charge in [-0.05, 0) is 32.1 Å². The standard InChI is InChI=1S/C48H91O13P/c1-3-5-7-9-11-13-15-16-17-18-19-20-21-22-23-24-25-27-28-30-32-34-36-41(49)58-38-40(60-42(50)37-35-33-31-29-26-14-12-10-8-6-4-2)39-59-62(56,57)61-48-46(54)44(52)43(51)45(53)47(48)55/h10,12,40,43-48,51-55H,3-9,11,13-39H2,1-2H3,(H,56,57)/b12-10-. The van der Waals surface area contributed by atoms with Crippen molar-refractivity contribution in [3.05, 3.63) is 12.2 Å². The molecule has 1 aliphatic rings. The largest absolute Gasteiger partial charge is 0.472 e. The van der Waals surface area contributed by atoms with Crippen LogP contribution >= 0.6 is 7.82 Å². The van der Waals surface area contributed by atoms with Gasteiger partial charge in [-0.2, -0.15) is 0 Å². The van der Waals surface area contributed by atoms with Crippen LogP contribution in [0, 0.1) is 0 Å². The highest BCUT2D eigenvalue weighted by Crippen LogP contribution is 2.47. The number of allylic oxidation sites excluding steroid dienone is 2. The highest BCUT2D eigenvalue weighted by Gasteiger charge is 2.51. The number of phosphoric ester groups is 1. The van der Waals surface area contributed by atoms with Crippen molar-refractivity contribution in [3.63, 3.8) is 0 Å². The molecule has 14 heteroatoms. The molecule has 366 valence electrons. The first-order valence-electron chi connectivity index (χ1n) is 25.0.